The van der Waals surface area contributed by atoms with E-state index in [9.17, 15) is 4.57 Å². The monoisotopic (exact) mass is 183 g/mol. The van der Waals surface area contributed by atoms with Gasteiger partial charge in [0.05, 0.1) is 6.61 Å². The second-order valence-electron chi connectivity index (χ2n) is 2.69. The molecule has 0 fully saturated rings. The molecule has 0 heterocycles. The number of hydrogen-bond acceptors (Lipinski definition) is 3. The van der Waals surface area contributed by atoms with E-state index < -0.39 is 7.82 Å². The largest absolute Gasteiger partial charge is 0.469 e. The van der Waals surface area contributed by atoms with E-state index in [1.807, 2.05) is 13.8 Å². The van der Waals surface area contributed by atoms with Gasteiger partial charge in [0.25, 0.3) is 0 Å². The zero-order valence-corrected chi connectivity index (χ0v) is 7.49. The zero-order valence-electron chi connectivity index (χ0n) is 6.60. The summed E-state index contributed by atoms with van der Waals surface area (Å²) in [5, 5.41) is 0. The summed E-state index contributed by atoms with van der Waals surface area (Å²) in [6.45, 7) is 3.60. The predicted octanol–water partition coefficient (Wildman–Crippen LogP) is 0.0790. The van der Waals surface area contributed by atoms with Crippen LogP contribution in [-0.2, 0) is 9.09 Å². The van der Waals surface area contributed by atoms with Crippen LogP contribution < -0.4 is 5.73 Å². The van der Waals surface area contributed by atoms with Gasteiger partial charge in [0.2, 0.25) is 0 Å². The van der Waals surface area contributed by atoms with Gasteiger partial charge in [0.1, 0.15) is 0 Å². The van der Waals surface area contributed by atoms with Gasteiger partial charge in [0.15, 0.2) is 0 Å². The highest BCUT2D eigenvalue weighted by molar-refractivity contribution is 7.46. The molecule has 0 spiro atoms. The van der Waals surface area contributed by atoms with Crippen LogP contribution in [0.25, 0.3) is 0 Å². The van der Waals surface area contributed by atoms with E-state index in [4.69, 9.17) is 15.5 Å². The summed E-state index contributed by atoms with van der Waals surface area (Å²) in [4.78, 5) is 16.6. The topological polar surface area (TPSA) is 92.8 Å². The van der Waals surface area contributed by atoms with Gasteiger partial charge in [-0.05, 0) is 5.92 Å². The third-order valence-electron chi connectivity index (χ3n) is 1.29. The van der Waals surface area contributed by atoms with Crippen LogP contribution >= 0.6 is 7.82 Å². The highest BCUT2D eigenvalue weighted by atomic mass is 31.2. The minimum absolute atomic E-state index is 0.109. The minimum Gasteiger partial charge on any atom is -0.325 e. The summed E-state index contributed by atoms with van der Waals surface area (Å²) < 4.78 is 14.4. The highest BCUT2D eigenvalue weighted by Crippen LogP contribution is 2.35. The quantitative estimate of drug-likeness (QED) is 0.536. The fourth-order valence-electron chi connectivity index (χ4n) is 0.376. The first-order valence-electron chi connectivity index (χ1n) is 3.28. The van der Waals surface area contributed by atoms with Crippen LogP contribution in [0.15, 0.2) is 0 Å². The summed E-state index contributed by atoms with van der Waals surface area (Å²) in [5.74, 6) is 0.154. The van der Waals surface area contributed by atoms with Crippen molar-refractivity contribution in [3.8, 4) is 0 Å². The van der Waals surface area contributed by atoms with Crippen LogP contribution in [0.1, 0.15) is 13.8 Å². The minimum atomic E-state index is -4.34. The molecule has 0 unspecified atom stereocenters. The molecule has 0 radical (unpaired) electrons. The lowest BCUT2D eigenvalue weighted by Gasteiger charge is -2.15. The second-order valence-corrected chi connectivity index (χ2v) is 3.93. The van der Waals surface area contributed by atoms with Crippen molar-refractivity contribution in [1.82, 2.24) is 0 Å². The van der Waals surface area contributed by atoms with Gasteiger partial charge in [0, 0.05) is 6.04 Å². The molecule has 5 nitrogen and oxygen atoms in total. The van der Waals surface area contributed by atoms with Crippen molar-refractivity contribution >= 4 is 7.82 Å². The number of phosphoric acid groups is 1. The molecule has 1 atom stereocenters. The summed E-state index contributed by atoms with van der Waals surface area (Å²) in [5.41, 5.74) is 5.46. The van der Waals surface area contributed by atoms with Crippen LogP contribution in [0.5, 0.6) is 0 Å². The molecule has 6 heteroatoms. The number of phosphoric ester groups is 1. The van der Waals surface area contributed by atoms with Gasteiger partial charge in [-0.15, -0.1) is 0 Å². The van der Waals surface area contributed by atoms with Gasteiger partial charge in [-0.3, -0.25) is 4.52 Å². The van der Waals surface area contributed by atoms with Crippen molar-refractivity contribution in [1.29, 1.82) is 0 Å². The molecule has 0 saturated heterocycles. The summed E-state index contributed by atoms with van der Waals surface area (Å²) in [6.07, 6.45) is 0. The molecule has 0 aliphatic rings. The average molecular weight is 183 g/mol. The van der Waals surface area contributed by atoms with E-state index in [2.05, 4.69) is 4.52 Å². The van der Waals surface area contributed by atoms with Crippen molar-refractivity contribution in [3.63, 3.8) is 0 Å². The molecule has 0 amide bonds. The summed E-state index contributed by atoms with van der Waals surface area (Å²) >= 11 is 0. The lowest BCUT2D eigenvalue weighted by molar-refractivity contribution is 0.175. The third kappa shape index (κ3) is 6.47. The van der Waals surface area contributed by atoms with Crippen molar-refractivity contribution in [2.45, 2.75) is 19.9 Å². The molecule has 4 N–H and O–H groups in total. The Balaban J connectivity index is 3.63. The Hall–Kier alpha value is 0.0700. The van der Waals surface area contributed by atoms with Gasteiger partial charge >= 0.3 is 7.82 Å². The highest BCUT2D eigenvalue weighted by Gasteiger charge is 2.17. The molecule has 0 aromatic carbocycles. The van der Waals surface area contributed by atoms with E-state index in [0.717, 1.165) is 0 Å². The molecule has 0 aliphatic carbocycles. The van der Waals surface area contributed by atoms with E-state index in [-0.39, 0.29) is 18.6 Å². The Morgan fingerprint density at radius 3 is 2.27 bits per heavy atom. The summed E-state index contributed by atoms with van der Waals surface area (Å²) in [7, 11) is -4.34. The van der Waals surface area contributed by atoms with Gasteiger partial charge < -0.3 is 15.5 Å². The Morgan fingerprint density at radius 1 is 1.55 bits per heavy atom. The normalized spacial score (nSPS) is 15.5. The number of rotatable bonds is 4. The molecular weight excluding hydrogens is 169 g/mol. The van der Waals surface area contributed by atoms with Crippen LogP contribution in [0.4, 0.5) is 0 Å². The van der Waals surface area contributed by atoms with Crippen LogP contribution in [0, 0.1) is 5.92 Å². The molecule has 0 aliphatic heterocycles. The number of nitrogens with two attached hydrogens (primary N) is 1. The fourth-order valence-corrected chi connectivity index (χ4v) is 0.742. The van der Waals surface area contributed by atoms with Gasteiger partial charge in [-0.1, -0.05) is 13.8 Å². The Morgan fingerprint density at radius 2 is 2.00 bits per heavy atom. The lowest BCUT2D eigenvalue weighted by atomic mass is 10.1. The zero-order chi connectivity index (χ0) is 9.07. The van der Waals surface area contributed by atoms with Crippen molar-refractivity contribution < 1.29 is 18.9 Å². The maximum absolute atomic E-state index is 10.2. The first-order valence-corrected chi connectivity index (χ1v) is 4.81. The molecule has 0 aromatic rings. The molecular formula is C5H14NO4P. The Labute approximate surface area is 65.8 Å². The second kappa shape index (κ2) is 4.18. The number of hydrogen-bond donors (Lipinski definition) is 3. The van der Waals surface area contributed by atoms with Crippen LogP contribution in [0.3, 0.4) is 0 Å². The van der Waals surface area contributed by atoms with Crippen molar-refractivity contribution in [2.24, 2.45) is 11.7 Å². The van der Waals surface area contributed by atoms with Crippen LogP contribution in [0.2, 0.25) is 0 Å². The molecule has 0 aromatic heterocycles. The summed E-state index contributed by atoms with van der Waals surface area (Å²) in [6, 6.07) is -0.331. The molecule has 68 valence electrons. The third-order valence-corrected chi connectivity index (χ3v) is 1.78. The van der Waals surface area contributed by atoms with E-state index >= 15 is 0 Å². The molecule has 0 bridgehead atoms. The lowest BCUT2D eigenvalue weighted by Crippen LogP contribution is -2.31. The fraction of sp³-hybridized carbons (Fsp3) is 1.00. The smallest absolute Gasteiger partial charge is 0.325 e. The Bertz CT molecular complexity index is 155. The predicted molar refractivity (Wildman–Crippen MR) is 40.8 cm³/mol. The molecule has 11 heavy (non-hydrogen) atoms. The molecule has 0 saturated carbocycles. The van der Waals surface area contributed by atoms with E-state index in [1.165, 1.54) is 0 Å². The van der Waals surface area contributed by atoms with E-state index in [1.54, 1.807) is 0 Å². The van der Waals surface area contributed by atoms with Gasteiger partial charge in [-0.25, -0.2) is 4.57 Å². The molecule has 0 rings (SSSR count). The maximum atomic E-state index is 10.2. The van der Waals surface area contributed by atoms with Crippen molar-refractivity contribution in [3.05, 3.63) is 0 Å². The first kappa shape index (κ1) is 11.1. The van der Waals surface area contributed by atoms with Crippen molar-refractivity contribution in [2.75, 3.05) is 6.61 Å². The van der Waals surface area contributed by atoms with E-state index in [0.29, 0.717) is 0 Å². The Kier molecular flexibility index (Phi) is 4.21. The maximum Gasteiger partial charge on any atom is 0.469 e. The van der Waals surface area contributed by atoms with Gasteiger partial charge in [-0.2, -0.15) is 0 Å². The standard InChI is InChI=1S/C5H14NO4P/c1-4(2)5(6)3-10-11(7,8)9/h4-5H,3,6H2,1-2H3,(H2,7,8,9)/t5-/m1/s1. The SMILES string of the molecule is CC(C)[C@H](N)COP(=O)(O)O. The first-order chi connectivity index (χ1) is 4.83. The van der Waals surface area contributed by atoms with Crippen LogP contribution in [-0.4, -0.2) is 22.4 Å². The average Bonchev–Trinajstić information content (AvgIpc) is 1.80.